The van der Waals surface area contributed by atoms with E-state index in [1.54, 1.807) is 0 Å². The lowest BCUT2D eigenvalue weighted by molar-refractivity contribution is 0.0168. The number of halogens is 1. The number of anilines is 1. The standard InChI is InChI=1S/C21H35N3O3.HI/c1-4-12-22-21(23-13-6-14-25-16-20-7-5-15-26-20)24-18-8-10-19(11-9-18)27-17(2)3;/h8-11,17,20H,4-7,12-16H2,1-3H3,(H2,22,23,24);1H. The Labute approximate surface area is 186 Å². The minimum atomic E-state index is 0. The van der Waals surface area contributed by atoms with E-state index in [0.717, 1.165) is 69.4 Å². The van der Waals surface area contributed by atoms with Crippen LogP contribution in [0.3, 0.4) is 0 Å². The molecule has 1 fully saturated rings. The molecule has 1 heterocycles. The van der Waals surface area contributed by atoms with Crippen LogP contribution in [0.15, 0.2) is 29.3 Å². The summed E-state index contributed by atoms with van der Waals surface area (Å²) in [5.74, 6) is 1.67. The first-order valence-electron chi connectivity index (χ1n) is 10.2. The second-order valence-electron chi connectivity index (χ2n) is 7.04. The molecule has 6 nitrogen and oxygen atoms in total. The molecule has 0 saturated carbocycles. The van der Waals surface area contributed by atoms with Crippen molar-refractivity contribution in [3.63, 3.8) is 0 Å². The zero-order valence-electron chi connectivity index (χ0n) is 17.4. The Kier molecular flexibility index (Phi) is 13.3. The van der Waals surface area contributed by atoms with E-state index in [9.17, 15) is 0 Å². The number of nitrogens with zero attached hydrogens (tertiary/aromatic N) is 1. The highest BCUT2D eigenvalue weighted by atomic mass is 127. The van der Waals surface area contributed by atoms with Gasteiger partial charge in [-0.2, -0.15) is 0 Å². The van der Waals surface area contributed by atoms with E-state index in [1.165, 1.54) is 0 Å². The highest BCUT2D eigenvalue weighted by Gasteiger charge is 2.14. The molecule has 1 saturated heterocycles. The summed E-state index contributed by atoms with van der Waals surface area (Å²) in [6.07, 6.45) is 4.69. The van der Waals surface area contributed by atoms with Gasteiger partial charge in [-0.15, -0.1) is 24.0 Å². The molecule has 0 radical (unpaired) electrons. The van der Waals surface area contributed by atoms with Crippen LogP contribution < -0.4 is 15.4 Å². The summed E-state index contributed by atoms with van der Waals surface area (Å²) < 4.78 is 16.9. The van der Waals surface area contributed by atoms with E-state index in [4.69, 9.17) is 14.2 Å². The van der Waals surface area contributed by atoms with E-state index in [-0.39, 0.29) is 30.1 Å². The fraction of sp³-hybridized carbons (Fsp3) is 0.667. The summed E-state index contributed by atoms with van der Waals surface area (Å²) in [4.78, 5) is 4.59. The maximum Gasteiger partial charge on any atom is 0.195 e. The van der Waals surface area contributed by atoms with Crippen molar-refractivity contribution < 1.29 is 14.2 Å². The monoisotopic (exact) mass is 505 g/mol. The number of benzene rings is 1. The Bertz CT molecular complexity index is 546. The third kappa shape index (κ3) is 10.5. The number of aliphatic imine (C=N–C) groups is 1. The van der Waals surface area contributed by atoms with Crippen molar-refractivity contribution in [1.29, 1.82) is 0 Å². The molecule has 1 unspecified atom stereocenters. The zero-order chi connectivity index (χ0) is 19.3. The third-order valence-corrected chi connectivity index (χ3v) is 4.07. The van der Waals surface area contributed by atoms with E-state index in [0.29, 0.717) is 12.7 Å². The number of nitrogens with one attached hydrogen (secondary N) is 2. The Hall–Kier alpha value is -1.06. The molecule has 7 heteroatoms. The average Bonchev–Trinajstić information content (AvgIpc) is 3.17. The van der Waals surface area contributed by atoms with Crippen LogP contribution in [0.5, 0.6) is 5.75 Å². The van der Waals surface area contributed by atoms with Crippen LogP contribution in [0, 0.1) is 0 Å². The number of guanidine groups is 1. The Morgan fingerprint density at radius 3 is 2.71 bits per heavy atom. The second-order valence-corrected chi connectivity index (χ2v) is 7.04. The predicted molar refractivity (Wildman–Crippen MR) is 126 cm³/mol. The van der Waals surface area contributed by atoms with Crippen molar-refractivity contribution in [3.05, 3.63) is 24.3 Å². The summed E-state index contributed by atoms with van der Waals surface area (Å²) >= 11 is 0. The number of hydrogen-bond acceptors (Lipinski definition) is 4. The van der Waals surface area contributed by atoms with Gasteiger partial charge in [-0.05, 0) is 63.8 Å². The lowest BCUT2D eigenvalue weighted by atomic mass is 10.2. The molecule has 2 N–H and O–H groups in total. The first kappa shape index (κ1) is 25.0. The van der Waals surface area contributed by atoms with E-state index < -0.39 is 0 Å². The first-order chi connectivity index (χ1) is 13.2. The average molecular weight is 505 g/mol. The normalized spacial score (nSPS) is 16.7. The fourth-order valence-corrected chi connectivity index (χ4v) is 2.76. The summed E-state index contributed by atoms with van der Waals surface area (Å²) in [6, 6.07) is 7.95. The van der Waals surface area contributed by atoms with Crippen molar-refractivity contribution >= 4 is 35.6 Å². The van der Waals surface area contributed by atoms with Gasteiger partial charge in [-0.3, -0.25) is 4.99 Å². The summed E-state index contributed by atoms with van der Waals surface area (Å²) in [5.41, 5.74) is 0.989. The lowest BCUT2D eigenvalue weighted by Gasteiger charge is -2.14. The first-order valence-corrected chi connectivity index (χ1v) is 10.2. The van der Waals surface area contributed by atoms with Crippen LogP contribution >= 0.6 is 24.0 Å². The molecule has 0 aliphatic carbocycles. The molecule has 1 aliphatic rings. The summed E-state index contributed by atoms with van der Waals surface area (Å²) in [5, 5.41) is 6.73. The highest BCUT2D eigenvalue weighted by molar-refractivity contribution is 14.0. The third-order valence-electron chi connectivity index (χ3n) is 4.07. The topological polar surface area (TPSA) is 64.1 Å². The molecule has 1 atom stereocenters. The van der Waals surface area contributed by atoms with Crippen molar-refractivity contribution in [3.8, 4) is 5.75 Å². The van der Waals surface area contributed by atoms with Crippen LogP contribution in [0.25, 0.3) is 0 Å². The molecule has 0 bridgehead atoms. The van der Waals surface area contributed by atoms with Crippen molar-refractivity contribution in [2.24, 2.45) is 4.99 Å². The smallest absolute Gasteiger partial charge is 0.195 e. The number of rotatable bonds is 11. The zero-order valence-corrected chi connectivity index (χ0v) is 19.7. The number of hydrogen-bond donors (Lipinski definition) is 2. The fourth-order valence-electron chi connectivity index (χ4n) is 2.76. The van der Waals surface area contributed by atoms with E-state index >= 15 is 0 Å². The largest absolute Gasteiger partial charge is 0.491 e. The van der Waals surface area contributed by atoms with E-state index in [1.807, 2.05) is 38.1 Å². The van der Waals surface area contributed by atoms with Crippen molar-refractivity contribution in [1.82, 2.24) is 5.32 Å². The quantitative estimate of drug-likeness (QED) is 0.202. The molecule has 160 valence electrons. The van der Waals surface area contributed by atoms with Gasteiger partial charge >= 0.3 is 0 Å². The van der Waals surface area contributed by atoms with Gasteiger partial charge in [0, 0.05) is 32.0 Å². The molecular formula is C21H36IN3O3. The van der Waals surface area contributed by atoms with Gasteiger partial charge in [0.25, 0.3) is 0 Å². The number of ether oxygens (including phenoxy) is 3. The van der Waals surface area contributed by atoms with Gasteiger partial charge < -0.3 is 24.8 Å². The van der Waals surface area contributed by atoms with Crippen LogP contribution in [-0.4, -0.2) is 51.1 Å². The minimum Gasteiger partial charge on any atom is -0.491 e. The molecule has 0 amide bonds. The van der Waals surface area contributed by atoms with Crippen LogP contribution in [0.1, 0.15) is 46.5 Å². The van der Waals surface area contributed by atoms with Crippen molar-refractivity contribution in [2.45, 2.75) is 58.7 Å². The van der Waals surface area contributed by atoms with Gasteiger partial charge in [0.15, 0.2) is 5.96 Å². The molecule has 1 aromatic carbocycles. The Balaban J connectivity index is 0.00000392. The van der Waals surface area contributed by atoms with Gasteiger partial charge in [-0.25, -0.2) is 0 Å². The predicted octanol–water partition coefficient (Wildman–Crippen LogP) is 4.45. The van der Waals surface area contributed by atoms with Crippen LogP contribution in [0.4, 0.5) is 5.69 Å². The van der Waals surface area contributed by atoms with Gasteiger partial charge in [0.2, 0.25) is 0 Å². The maximum atomic E-state index is 5.70. The summed E-state index contributed by atoms with van der Waals surface area (Å²) in [7, 11) is 0. The summed E-state index contributed by atoms with van der Waals surface area (Å²) in [6.45, 7) is 10.1. The highest BCUT2D eigenvalue weighted by Crippen LogP contribution is 2.17. The molecule has 2 rings (SSSR count). The molecule has 1 aromatic rings. The second kappa shape index (κ2) is 14.9. The van der Waals surface area contributed by atoms with E-state index in [2.05, 4.69) is 22.5 Å². The van der Waals surface area contributed by atoms with Gasteiger partial charge in [0.1, 0.15) is 5.75 Å². The molecular weight excluding hydrogens is 469 g/mol. The molecule has 0 spiro atoms. The lowest BCUT2D eigenvalue weighted by Crippen LogP contribution is -2.32. The molecule has 28 heavy (non-hydrogen) atoms. The SMILES string of the molecule is CCCN=C(NCCCOCC1CCCO1)Nc1ccc(OC(C)C)cc1.I. The van der Waals surface area contributed by atoms with Gasteiger partial charge in [-0.1, -0.05) is 6.92 Å². The molecule has 0 aromatic heterocycles. The van der Waals surface area contributed by atoms with Crippen LogP contribution in [-0.2, 0) is 9.47 Å². The Morgan fingerprint density at radius 2 is 2.07 bits per heavy atom. The molecule has 1 aliphatic heterocycles. The van der Waals surface area contributed by atoms with Gasteiger partial charge in [0.05, 0.1) is 18.8 Å². The van der Waals surface area contributed by atoms with Crippen LogP contribution in [0.2, 0.25) is 0 Å². The maximum absolute atomic E-state index is 5.70. The van der Waals surface area contributed by atoms with Crippen molar-refractivity contribution in [2.75, 3.05) is 38.2 Å². The Morgan fingerprint density at radius 1 is 1.29 bits per heavy atom. The minimum absolute atomic E-state index is 0.